The number of imidazole rings is 1. The number of nitrogens with zero attached hydrogens (tertiary/aromatic N) is 2. The highest BCUT2D eigenvalue weighted by molar-refractivity contribution is 6.16. The molecule has 0 N–H and O–H groups in total. The van der Waals surface area contributed by atoms with Gasteiger partial charge in [0.05, 0.1) is 11.4 Å². The molecule has 0 bridgehead atoms. The average molecular weight is 285 g/mol. The van der Waals surface area contributed by atoms with Crippen molar-refractivity contribution in [1.82, 2.24) is 9.55 Å². The minimum absolute atomic E-state index is 0.197. The molecule has 0 aliphatic heterocycles. The second kappa shape index (κ2) is 4.17. The van der Waals surface area contributed by atoms with E-state index in [-0.39, 0.29) is 16.8 Å². The quantitative estimate of drug-likeness (QED) is 0.776. The van der Waals surface area contributed by atoms with Crippen molar-refractivity contribution in [3.8, 4) is 0 Å². The number of benzene rings is 1. The van der Waals surface area contributed by atoms with Gasteiger partial charge in [0.2, 0.25) is 0 Å². The van der Waals surface area contributed by atoms with Gasteiger partial charge in [0.15, 0.2) is 11.6 Å². The lowest BCUT2D eigenvalue weighted by Gasteiger charge is -2.09. The fourth-order valence-electron chi connectivity index (χ4n) is 2.61. The van der Waals surface area contributed by atoms with Crippen LogP contribution in [-0.2, 0) is 12.4 Å². The van der Waals surface area contributed by atoms with E-state index in [1.165, 1.54) is 6.07 Å². The number of hydrogen-bond acceptors (Lipinski definition) is 1. The summed E-state index contributed by atoms with van der Waals surface area (Å²) < 4.78 is 29.1. The lowest BCUT2D eigenvalue weighted by molar-refractivity contribution is 0.484. The summed E-state index contributed by atoms with van der Waals surface area (Å²) in [5, 5.41) is 0. The van der Waals surface area contributed by atoms with Crippen molar-refractivity contribution in [2.45, 2.75) is 32.7 Å². The first-order valence-electron chi connectivity index (χ1n) is 6.33. The Kier molecular flexibility index (Phi) is 2.82. The van der Waals surface area contributed by atoms with Gasteiger partial charge in [-0.15, -0.1) is 11.6 Å². The minimum Gasteiger partial charge on any atom is -0.324 e. The van der Waals surface area contributed by atoms with Crippen LogP contribution in [0.25, 0.3) is 11.0 Å². The maximum Gasteiger partial charge on any atom is 0.184 e. The van der Waals surface area contributed by atoms with Crippen molar-refractivity contribution in [1.29, 1.82) is 0 Å². The predicted octanol–water partition coefficient (Wildman–Crippen LogP) is 4.10. The maximum absolute atomic E-state index is 14.0. The van der Waals surface area contributed by atoms with Crippen LogP contribution in [0, 0.1) is 23.0 Å². The largest absolute Gasteiger partial charge is 0.324 e. The monoisotopic (exact) mass is 284 g/mol. The van der Waals surface area contributed by atoms with Crippen molar-refractivity contribution in [3.05, 3.63) is 29.6 Å². The van der Waals surface area contributed by atoms with E-state index < -0.39 is 11.6 Å². The van der Waals surface area contributed by atoms with Gasteiger partial charge in [-0.25, -0.2) is 13.8 Å². The molecule has 2 aromatic rings. The molecule has 2 nitrogen and oxygen atoms in total. The minimum atomic E-state index is -0.843. The fraction of sp³-hybridized carbons (Fsp3) is 0.500. The molecule has 0 amide bonds. The number of halogens is 3. The Morgan fingerprint density at radius 2 is 2.11 bits per heavy atom. The summed E-state index contributed by atoms with van der Waals surface area (Å²) in [6, 6.07) is 2.60. The number of alkyl halides is 1. The Morgan fingerprint density at radius 3 is 2.68 bits per heavy atom. The van der Waals surface area contributed by atoms with E-state index in [1.807, 2.05) is 0 Å². The molecule has 1 aliphatic carbocycles. The van der Waals surface area contributed by atoms with Crippen LogP contribution in [0.1, 0.15) is 26.1 Å². The maximum atomic E-state index is 14.0. The van der Waals surface area contributed by atoms with Crippen molar-refractivity contribution in [2.75, 3.05) is 0 Å². The molecule has 5 heteroatoms. The molecule has 1 atom stereocenters. The summed E-state index contributed by atoms with van der Waals surface area (Å²) >= 11 is 5.87. The van der Waals surface area contributed by atoms with Crippen LogP contribution < -0.4 is 0 Å². The molecule has 1 heterocycles. The number of hydrogen-bond donors (Lipinski definition) is 0. The van der Waals surface area contributed by atoms with Gasteiger partial charge < -0.3 is 4.57 Å². The zero-order chi connectivity index (χ0) is 13.8. The zero-order valence-electron chi connectivity index (χ0n) is 10.9. The summed E-state index contributed by atoms with van der Waals surface area (Å²) in [6.45, 7) is 4.99. The van der Waals surface area contributed by atoms with Crippen molar-refractivity contribution in [3.63, 3.8) is 0 Å². The summed E-state index contributed by atoms with van der Waals surface area (Å²) in [5.41, 5.74) is 0.968. The molecular weight excluding hydrogens is 270 g/mol. The van der Waals surface area contributed by atoms with Gasteiger partial charge in [-0.1, -0.05) is 13.8 Å². The Morgan fingerprint density at radius 1 is 1.42 bits per heavy atom. The van der Waals surface area contributed by atoms with E-state index in [2.05, 4.69) is 18.8 Å². The number of rotatable bonds is 3. The summed E-state index contributed by atoms with van der Waals surface area (Å²) in [4.78, 5) is 4.29. The van der Waals surface area contributed by atoms with E-state index >= 15 is 0 Å². The third-order valence-electron chi connectivity index (χ3n) is 4.12. The highest BCUT2D eigenvalue weighted by Crippen LogP contribution is 2.52. The molecule has 1 saturated carbocycles. The van der Waals surface area contributed by atoms with Crippen LogP contribution in [-0.4, -0.2) is 9.55 Å². The van der Waals surface area contributed by atoms with E-state index in [1.54, 1.807) is 4.57 Å². The van der Waals surface area contributed by atoms with Crippen LogP contribution in [0.5, 0.6) is 0 Å². The van der Waals surface area contributed by atoms with Crippen molar-refractivity contribution in [2.24, 2.45) is 11.3 Å². The van der Waals surface area contributed by atoms with Crippen molar-refractivity contribution < 1.29 is 8.78 Å². The lowest BCUT2D eigenvalue weighted by atomic mass is 10.1. The molecule has 0 radical (unpaired) electrons. The molecule has 1 unspecified atom stereocenters. The molecule has 0 saturated heterocycles. The second-order valence-corrected chi connectivity index (χ2v) is 6.16. The van der Waals surface area contributed by atoms with Crippen molar-refractivity contribution >= 4 is 22.6 Å². The van der Waals surface area contributed by atoms with Gasteiger partial charge in [-0.05, 0) is 29.9 Å². The van der Waals surface area contributed by atoms with Gasteiger partial charge in [-0.3, -0.25) is 0 Å². The SMILES string of the molecule is CC1(C)CC1Cn1c(CCl)nc2ccc(F)c(F)c21. The molecular formula is C14H15ClF2N2. The van der Waals surface area contributed by atoms with E-state index in [0.29, 0.717) is 23.8 Å². The normalized spacial score (nSPS) is 21.0. The summed E-state index contributed by atoms with van der Waals surface area (Å²) in [7, 11) is 0. The first-order valence-corrected chi connectivity index (χ1v) is 6.86. The van der Waals surface area contributed by atoms with Gasteiger partial charge in [0, 0.05) is 6.54 Å². The van der Waals surface area contributed by atoms with Gasteiger partial charge in [0.25, 0.3) is 0 Å². The smallest absolute Gasteiger partial charge is 0.184 e. The molecule has 1 fully saturated rings. The first kappa shape index (κ1) is 12.9. The van der Waals surface area contributed by atoms with Crippen LogP contribution in [0.4, 0.5) is 8.78 Å². The fourth-order valence-corrected chi connectivity index (χ4v) is 2.82. The molecule has 0 spiro atoms. The van der Waals surface area contributed by atoms with E-state index in [4.69, 9.17) is 11.6 Å². The zero-order valence-corrected chi connectivity index (χ0v) is 11.6. The average Bonchev–Trinajstić information content (AvgIpc) is 2.81. The third-order valence-corrected chi connectivity index (χ3v) is 4.36. The summed E-state index contributed by atoms with van der Waals surface area (Å²) in [6.07, 6.45) is 1.09. The molecule has 1 aromatic carbocycles. The van der Waals surface area contributed by atoms with Crippen LogP contribution >= 0.6 is 11.6 Å². The first-order chi connectivity index (χ1) is 8.94. The molecule has 19 heavy (non-hydrogen) atoms. The Hall–Kier alpha value is -1.16. The Balaban J connectivity index is 2.12. The summed E-state index contributed by atoms with van der Waals surface area (Å²) in [5.74, 6) is -0.411. The highest BCUT2D eigenvalue weighted by atomic mass is 35.5. The molecule has 1 aliphatic rings. The number of aromatic nitrogens is 2. The Bertz CT molecular complexity index is 648. The molecule has 102 valence electrons. The van der Waals surface area contributed by atoms with Crippen LogP contribution in [0.3, 0.4) is 0 Å². The van der Waals surface area contributed by atoms with Gasteiger partial charge in [0.1, 0.15) is 11.3 Å². The predicted molar refractivity (Wildman–Crippen MR) is 71.1 cm³/mol. The van der Waals surface area contributed by atoms with Crippen LogP contribution in [0.15, 0.2) is 12.1 Å². The second-order valence-electron chi connectivity index (χ2n) is 5.89. The topological polar surface area (TPSA) is 17.8 Å². The van der Waals surface area contributed by atoms with E-state index in [9.17, 15) is 8.78 Å². The van der Waals surface area contributed by atoms with Gasteiger partial charge in [-0.2, -0.15) is 0 Å². The number of fused-ring (bicyclic) bond motifs is 1. The van der Waals surface area contributed by atoms with E-state index in [0.717, 1.165) is 12.5 Å². The van der Waals surface area contributed by atoms with Gasteiger partial charge >= 0.3 is 0 Å². The third kappa shape index (κ3) is 2.02. The molecule has 1 aromatic heterocycles. The standard InChI is InChI=1S/C14H15ClF2N2/c1-14(2)5-8(14)7-19-11(6-15)18-10-4-3-9(16)12(17)13(10)19/h3-4,8H,5-7H2,1-2H3. The Labute approximate surface area is 115 Å². The molecule has 3 rings (SSSR count). The lowest BCUT2D eigenvalue weighted by Crippen LogP contribution is -2.08. The highest BCUT2D eigenvalue weighted by Gasteiger charge is 2.45. The van der Waals surface area contributed by atoms with Crippen LogP contribution in [0.2, 0.25) is 0 Å².